The number of rotatable bonds is 5. The van der Waals surface area contributed by atoms with Gasteiger partial charge in [0.2, 0.25) is 10.7 Å². The van der Waals surface area contributed by atoms with Crippen LogP contribution in [0, 0.1) is 6.92 Å². The Morgan fingerprint density at radius 1 is 0.897 bits per heavy atom. The van der Waals surface area contributed by atoms with E-state index in [4.69, 9.17) is 0 Å². The third-order valence-electron chi connectivity index (χ3n) is 4.18. The fraction of sp³-hybridized carbons (Fsp3) is 0.0476. The number of hydrogen-bond acceptors (Lipinski definition) is 5. The highest BCUT2D eigenvalue weighted by atomic mass is 32.2. The minimum absolute atomic E-state index is 0.147. The maximum atomic E-state index is 12.8. The number of para-hydroxylation sites is 2. The molecule has 0 saturated carbocycles. The lowest BCUT2D eigenvalue weighted by Gasteiger charge is -2.09. The highest BCUT2D eigenvalue weighted by molar-refractivity contribution is 7.90. The van der Waals surface area contributed by atoms with Crippen LogP contribution in [0.15, 0.2) is 94.2 Å². The molecular formula is C21H18N4O2S2. The molecule has 146 valence electrons. The molecule has 0 aliphatic rings. The number of nitrogens with zero attached hydrogens (tertiary/aromatic N) is 3. The van der Waals surface area contributed by atoms with Crippen molar-refractivity contribution in [3.63, 3.8) is 0 Å². The predicted molar refractivity (Wildman–Crippen MR) is 115 cm³/mol. The largest absolute Gasteiger partial charge is 0.325 e. The van der Waals surface area contributed by atoms with Gasteiger partial charge in [-0.1, -0.05) is 54.1 Å². The summed E-state index contributed by atoms with van der Waals surface area (Å²) in [6, 6.07) is 25.6. The monoisotopic (exact) mass is 422 g/mol. The summed E-state index contributed by atoms with van der Waals surface area (Å²) in [4.78, 5) is 0.406. The molecule has 29 heavy (non-hydrogen) atoms. The van der Waals surface area contributed by atoms with Crippen LogP contribution in [0.4, 0.5) is 11.6 Å². The van der Waals surface area contributed by atoms with Gasteiger partial charge in [-0.05, 0) is 43.3 Å². The molecule has 0 bridgehead atoms. The van der Waals surface area contributed by atoms with Crippen molar-refractivity contribution < 1.29 is 8.42 Å². The molecule has 0 amide bonds. The van der Waals surface area contributed by atoms with Crippen LogP contribution in [0.3, 0.4) is 0 Å². The van der Waals surface area contributed by atoms with Crippen molar-refractivity contribution in [1.29, 1.82) is 0 Å². The molecule has 0 atom stereocenters. The summed E-state index contributed by atoms with van der Waals surface area (Å²) < 4.78 is 35.9. The maximum absolute atomic E-state index is 12.8. The third-order valence-corrected chi connectivity index (χ3v) is 6.28. The van der Waals surface area contributed by atoms with Gasteiger partial charge in [-0.25, -0.2) is 0 Å². The molecule has 0 unspecified atom stereocenters. The summed E-state index contributed by atoms with van der Waals surface area (Å²) in [5.74, 6) is 0.491. The molecule has 1 aromatic heterocycles. The number of aryl methyl sites for hydroxylation is 1. The van der Waals surface area contributed by atoms with Crippen molar-refractivity contribution >= 4 is 33.2 Å². The first-order valence-electron chi connectivity index (χ1n) is 8.87. The zero-order chi connectivity index (χ0) is 20.3. The lowest BCUT2D eigenvalue weighted by molar-refractivity contribution is 0.596. The first-order chi connectivity index (χ1) is 14.0. The zero-order valence-electron chi connectivity index (χ0n) is 15.6. The molecule has 6 nitrogen and oxygen atoms in total. The van der Waals surface area contributed by atoms with Gasteiger partial charge in [0.25, 0.3) is 10.0 Å². The molecule has 0 saturated heterocycles. The molecule has 0 spiro atoms. The van der Waals surface area contributed by atoms with Crippen LogP contribution in [-0.2, 0) is 10.0 Å². The molecule has 3 aromatic carbocycles. The van der Waals surface area contributed by atoms with Crippen LogP contribution in [-0.4, -0.2) is 17.4 Å². The number of sulfonamides is 1. The van der Waals surface area contributed by atoms with Crippen molar-refractivity contribution in [3.05, 3.63) is 95.3 Å². The van der Waals surface area contributed by atoms with Crippen molar-refractivity contribution in [3.8, 4) is 5.69 Å². The van der Waals surface area contributed by atoms with Crippen LogP contribution in [0.5, 0.6) is 0 Å². The number of benzene rings is 3. The molecule has 0 radical (unpaired) electrons. The van der Waals surface area contributed by atoms with Gasteiger partial charge in [-0.2, -0.15) is 12.8 Å². The van der Waals surface area contributed by atoms with Crippen molar-refractivity contribution in [2.24, 2.45) is 4.40 Å². The summed E-state index contributed by atoms with van der Waals surface area (Å²) in [6.07, 6.45) is 0. The van der Waals surface area contributed by atoms with Gasteiger partial charge in [0.15, 0.2) is 0 Å². The molecule has 4 aromatic rings. The smallest absolute Gasteiger partial charge is 0.285 e. The Bertz CT molecular complexity index is 1280. The first-order valence-corrected chi connectivity index (χ1v) is 11.1. The van der Waals surface area contributed by atoms with Crippen molar-refractivity contribution in [1.82, 2.24) is 8.94 Å². The normalized spacial score (nSPS) is 12.1. The average Bonchev–Trinajstić information content (AvgIpc) is 3.11. The van der Waals surface area contributed by atoms with Gasteiger partial charge in [-0.15, -0.1) is 4.40 Å². The van der Waals surface area contributed by atoms with Crippen molar-refractivity contribution in [2.75, 3.05) is 5.32 Å². The van der Waals surface area contributed by atoms with Gasteiger partial charge in [0, 0.05) is 17.2 Å². The number of nitrogens with one attached hydrogen (secondary N) is 1. The topological polar surface area (TPSA) is 76.3 Å². The Morgan fingerprint density at radius 3 is 2.17 bits per heavy atom. The summed E-state index contributed by atoms with van der Waals surface area (Å²) in [7, 11) is -3.87. The van der Waals surface area contributed by atoms with Crippen LogP contribution in [0.25, 0.3) is 5.69 Å². The van der Waals surface area contributed by atoms with E-state index in [0.717, 1.165) is 28.5 Å². The quantitative estimate of drug-likeness (QED) is 0.521. The second-order valence-electron chi connectivity index (χ2n) is 6.33. The Labute approximate surface area is 173 Å². The second kappa shape index (κ2) is 8.02. The van der Waals surface area contributed by atoms with E-state index in [1.165, 1.54) is 0 Å². The van der Waals surface area contributed by atoms with Crippen LogP contribution in [0.1, 0.15) is 5.56 Å². The van der Waals surface area contributed by atoms with Crippen LogP contribution < -0.4 is 10.1 Å². The second-order valence-corrected chi connectivity index (χ2v) is 8.66. The number of hydrogen-bond donors (Lipinski definition) is 1. The van der Waals surface area contributed by atoms with Gasteiger partial charge < -0.3 is 5.32 Å². The molecule has 0 aliphatic heterocycles. The Balaban J connectivity index is 1.85. The Kier molecular flexibility index (Phi) is 5.28. The molecule has 0 fully saturated rings. The molecular weight excluding hydrogens is 404 g/mol. The van der Waals surface area contributed by atoms with Crippen molar-refractivity contribution in [2.45, 2.75) is 11.8 Å². The van der Waals surface area contributed by atoms with Crippen LogP contribution >= 0.6 is 11.5 Å². The van der Waals surface area contributed by atoms with E-state index in [1.807, 2.05) is 67.6 Å². The van der Waals surface area contributed by atoms with E-state index in [-0.39, 0.29) is 9.70 Å². The lowest BCUT2D eigenvalue weighted by atomic mass is 10.2. The van der Waals surface area contributed by atoms with E-state index < -0.39 is 10.0 Å². The van der Waals surface area contributed by atoms with Gasteiger partial charge in [-0.3, -0.25) is 4.57 Å². The van der Waals surface area contributed by atoms with E-state index in [9.17, 15) is 8.42 Å². The molecule has 1 heterocycles. The standard InChI is InChI=1S/C21H18N4O2S2/c1-16-12-14-19(15-13-16)29(26,27)24-21-25(18-10-6-3-7-11-18)20(23-28-21)22-17-8-4-2-5-9-17/h2-15H,1H3,(H,22,23). The van der Waals surface area contributed by atoms with E-state index in [2.05, 4.69) is 14.1 Å². The summed E-state index contributed by atoms with van der Waals surface area (Å²) >= 11 is 1.02. The fourth-order valence-corrected chi connectivity index (χ4v) is 4.59. The summed E-state index contributed by atoms with van der Waals surface area (Å²) in [5, 5.41) is 3.23. The van der Waals surface area contributed by atoms with E-state index in [1.54, 1.807) is 28.8 Å². The summed E-state index contributed by atoms with van der Waals surface area (Å²) in [5.41, 5.74) is 2.59. The van der Waals surface area contributed by atoms with E-state index in [0.29, 0.717) is 5.95 Å². The lowest BCUT2D eigenvalue weighted by Crippen LogP contribution is -2.17. The average molecular weight is 423 g/mol. The molecule has 0 aliphatic carbocycles. The highest BCUT2D eigenvalue weighted by Gasteiger charge is 2.16. The predicted octanol–water partition coefficient (Wildman–Crippen LogP) is 4.28. The van der Waals surface area contributed by atoms with Crippen LogP contribution in [0.2, 0.25) is 0 Å². The molecule has 4 rings (SSSR count). The minimum Gasteiger partial charge on any atom is -0.325 e. The Morgan fingerprint density at radius 2 is 1.52 bits per heavy atom. The highest BCUT2D eigenvalue weighted by Crippen LogP contribution is 2.19. The SMILES string of the molecule is Cc1ccc(S(=O)(=O)N=c2snc(Nc3ccccc3)n2-c2ccccc2)cc1. The maximum Gasteiger partial charge on any atom is 0.285 e. The minimum atomic E-state index is -3.87. The fourth-order valence-electron chi connectivity index (χ4n) is 2.72. The number of aromatic nitrogens is 2. The van der Waals surface area contributed by atoms with Gasteiger partial charge in [0.1, 0.15) is 0 Å². The van der Waals surface area contributed by atoms with Gasteiger partial charge >= 0.3 is 0 Å². The first kappa shape index (κ1) is 19.1. The summed E-state index contributed by atoms with van der Waals surface area (Å²) in [6.45, 7) is 1.90. The van der Waals surface area contributed by atoms with E-state index >= 15 is 0 Å². The van der Waals surface area contributed by atoms with Gasteiger partial charge in [0.05, 0.1) is 10.6 Å². The third kappa shape index (κ3) is 4.28. The molecule has 8 heteroatoms. The zero-order valence-corrected chi connectivity index (χ0v) is 17.2. The Hall–Kier alpha value is -3.23. The molecule has 1 N–H and O–H groups in total. The number of anilines is 2.